The third kappa shape index (κ3) is 4.55. The van der Waals surface area contributed by atoms with Gasteiger partial charge in [0.1, 0.15) is 0 Å². The molecule has 1 N–H and O–H groups in total. The minimum atomic E-state index is -0.897. The van der Waals surface area contributed by atoms with Gasteiger partial charge in [0.05, 0.1) is 17.0 Å². The van der Waals surface area contributed by atoms with Gasteiger partial charge in [0, 0.05) is 43.0 Å². The molecule has 0 spiro atoms. The SMILES string of the molecule is Cc1ccc(N2CCN(c3cccc(C4=Nc5ccc(C(=O)O)cc5CC4(C)C)c3)CC2)c(C)c1. The zero-order valence-corrected chi connectivity index (χ0v) is 21.0. The average Bonchev–Trinajstić information content (AvgIpc) is 2.83. The lowest BCUT2D eigenvalue weighted by molar-refractivity contribution is 0.0696. The maximum Gasteiger partial charge on any atom is 0.335 e. The first-order chi connectivity index (χ1) is 16.7. The number of aryl methyl sites for hydroxylation is 2. The van der Waals surface area contributed by atoms with Crippen LogP contribution >= 0.6 is 0 Å². The highest BCUT2D eigenvalue weighted by atomic mass is 16.4. The number of rotatable bonds is 4. The molecule has 2 aliphatic heterocycles. The number of carbonyl (C=O) groups is 1. The number of nitrogens with zero attached hydrogens (tertiary/aromatic N) is 3. The predicted octanol–water partition coefficient (Wildman–Crippen LogP) is 6.03. The minimum Gasteiger partial charge on any atom is -0.478 e. The summed E-state index contributed by atoms with van der Waals surface area (Å²) in [6, 6.07) is 20.7. The molecule has 0 atom stereocenters. The molecule has 1 fully saturated rings. The lowest BCUT2D eigenvalue weighted by Gasteiger charge is -2.38. The fourth-order valence-corrected chi connectivity index (χ4v) is 5.47. The van der Waals surface area contributed by atoms with E-state index in [1.54, 1.807) is 12.1 Å². The van der Waals surface area contributed by atoms with Gasteiger partial charge in [-0.05, 0) is 73.4 Å². The van der Waals surface area contributed by atoms with Crippen molar-refractivity contribution in [2.45, 2.75) is 34.1 Å². The number of aromatic carboxylic acids is 1. The Bertz CT molecular complexity index is 1320. The van der Waals surface area contributed by atoms with Crippen molar-refractivity contribution in [3.8, 4) is 0 Å². The van der Waals surface area contributed by atoms with E-state index in [-0.39, 0.29) is 5.41 Å². The number of piperazine rings is 1. The number of fused-ring (bicyclic) bond motifs is 1. The third-order valence-corrected chi connectivity index (χ3v) is 7.29. The number of carboxylic acids is 1. The van der Waals surface area contributed by atoms with Crippen molar-refractivity contribution in [2.75, 3.05) is 36.0 Å². The summed E-state index contributed by atoms with van der Waals surface area (Å²) in [7, 11) is 0. The van der Waals surface area contributed by atoms with Gasteiger partial charge in [-0.2, -0.15) is 0 Å². The Morgan fingerprint density at radius 2 is 1.66 bits per heavy atom. The Morgan fingerprint density at radius 1 is 0.914 bits per heavy atom. The van der Waals surface area contributed by atoms with Crippen LogP contribution in [-0.2, 0) is 6.42 Å². The van der Waals surface area contributed by atoms with Crippen LogP contribution in [0.25, 0.3) is 0 Å². The van der Waals surface area contributed by atoms with E-state index in [9.17, 15) is 9.90 Å². The lowest BCUT2D eigenvalue weighted by Crippen LogP contribution is -2.46. The van der Waals surface area contributed by atoms with Crippen LogP contribution in [0.3, 0.4) is 0 Å². The molecule has 3 aromatic carbocycles. The van der Waals surface area contributed by atoms with Gasteiger partial charge in [0.15, 0.2) is 0 Å². The van der Waals surface area contributed by atoms with E-state index >= 15 is 0 Å². The van der Waals surface area contributed by atoms with Crippen molar-refractivity contribution in [3.05, 3.63) is 88.5 Å². The highest BCUT2D eigenvalue weighted by molar-refractivity contribution is 6.07. The Morgan fingerprint density at radius 3 is 2.37 bits per heavy atom. The van der Waals surface area contributed by atoms with Crippen molar-refractivity contribution in [1.82, 2.24) is 0 Å². The normalized spacial score (nSPS) is 17.1. The van der Waals surface area contributed by atoms with Gasteiger partial charge in [0.2, 0.25) is 0 Å². The summed E-state index contributed by atoms with van der Waals surface area (Å²) < 4.78 is 0. The molecule has 0 radical (unpaired) electrons. The Balaban J connectivity index is 1.38. The van der Waals surface area contributed by atoms with Gasteiger partial charge >= 0.3 is 5.97 Å². The zero-order valence-electron chi connectivity index (χ0n) is 21.0. The lowest BCUT2D eigenvalue weighted by atomic mass is 9.75. The fraction of sp³-hybridized carbons (Fsp3) is 0.333. The largest absolute Gasteiger partial charge is 0.478 e. The Hall–Kier alpha value is -3.60. The third-order valence-electron chi connectivity index (χ3n) is 7.29. The molecule has 0 bridgehead atoms. The maximum absolute atomic E-state index is 11.4. The van der Waals surface area contributed by atoms with Gasteiger partial charge in [-0.3, -0.25) is 4.99 Å². The molecule has 2 heterocycles. The minimum absolute atomic E-state index is 0.190. The topological polar surface area (TPSA) is 56.1 Å². The Kier molecular flexibility index (Phi) is 5.87. The first-order valence-electron chi connectivity index (χ1n) is 12.3. The highest BCUT2D eigenvalue weighted by Gasteiger charge is 2.32. The van der Waals surface area contributed by atoms with Crippen LogP contribution in [0.2, 0.25) is 0 Å². The quantitative estimate of drug-likeness (QED) is 0.509. The molecule has 0 saturated carbocycles. The summed E-state index contributed by atoms with van der Waals surface area (Å²) in [5.74, 6) is -0.897. The first-order valence-corrected chi connectivity index (χ1v) is 12.3. The van der Waals surface area contributed by atoms with Crippen molar-refractivity contribution in [1.29, 1.82) is 0 Å². The van der Waals surface area contributed by atoms with Crippen molar-refractivity contribution in [3.63, 3.8) is 0 Å². The molecule has 2 aliphatic rings. The molecule has 3 aromatic rings. The van der Waals surface area contributed by atoms with Crippen molar-refractivity contribution in [2.24, 2.45) is 10.4 Å². The summed E-state index contributed by atoms with van der Waals surface area (Å²) >= 11 is 0. The smallest absolute Gasteiger partial charge is 0.335 e. The van der Waals surface area contributed by atoms with E-state index in [1.807, 2.05) is 6.07 Å². The van der Waals surface area contributed by atoms with Crippen LogP contribution in [0.4, 0.5) is 17.1 Å². The molecule has 5 nitrogen and oxygen atoms in total. The second kappa shape index (κ2) is 8.88. The van der Waals surface area contributed by atoms with Crippen LogP contribution in [0.5, 0.6) is 0 Å². The number of anilines is 2. The molecule has 0 aromatic heterocycles. The second-order valence-corrected chi connectivity index (χ2v) is 10.5. The Labute approximate surface area is 207 Å². The predicted molar refractivity (Wildman–Crippen MR) is 144 cm³/mol. The molecule has 5 heteroatoms. The number of benzene rings is 3. The van der Waals surface area contributed by atoms with Gasteiger partial charge < -0.3 is 14.9 Å². The summed E-state index contributed by atoms with van der Waals surface area (Å²) in [5, 5.41) is 9.36. The summed E-state index contributed by atoms with van der Waals surface area (Å²) in [6.45, 7) is 12.7. The van der Waals surface area contributed by atoms with E-state index < -0.39 is 5.97 Å². The maximum atomic E-state index is 11.4. The summed E-state index contributed by atoms with van der Waals surface area (Å²) in [4.78, 5) is 21.4. The standard InChI is InChI=1S/C30H33N3O2/c1-20-8-11-27(21(2)16-20)33-14-12-32(13-15-33)25-7-5-6-22(18-25)28-30(3,4)19-24-17-23(29(34)35)9-10-26(24)31-28/h5-11,16-18H,12-15,19H2,1-4H3,(H,34,35). The van der Waals surface area contributed by atoms with Gasteiger partial charge in [-0.15, -0.1) is 0 Å². The second-order valence-electron chi connectivity index (χ2n) is 10.5. The van der Waals surface area contributed by atoms with Gasteiger partial charge in [-0.25, -0.2) is 4.79 Å². The summed E-state index contributed by atoms with van der Waals surface area (Å²) in [5.41, 5.74) is 9.41. The number of hydrogen-bond acceptors (Lipinski definition) is 4. The molecular weight excluding hydrogens is 434 g/mol. The van der Waals surface area contributed by atoms with Crippen molar-refractivity contribution < 1.29 is 9.90 Å². The molecule has 1 saturated heterocycles. The molecule has 5 rings (SSSR count). The highest BCUT2D eigenvalue weighted by Crippen LogP contribution is 2.39. The van der Waals surface area contributed by atoms with E-state index in [0.717, 1.165) is 55.1 Å². The van der Waals surface area contributed by atoms with E-state index in [2.05, 4.69) is 80.0 Å². The van der Waals surface area contributed by atoms with Crippen LogP contribution in [0.1, 0.15) is 46.5 Å². The van der Waals surface area contributed by atoms with Crippen LogP contribution < -0.4 is 9.80 Å². The molecule has 180 valence electrons. The molecule has 0 aliphatic carbocycles. The number of carboxylic acid groups (broad SMARTS) is 1. The van der Waals surface area contributed by atoms with Crippen LogP contribution in [0.15, 0.2) is 65.7 Å². The van der Waals surface area contributed by atoms with E-state index in [4.69, 9.17) is 4.99 Å². The van der Waals surface area contributed by atoms with Crippen LogP contribution in [0, 0.1) is 19.3 Å². The van der Waals surface area contributed by atoms with Gasteiger partial charge in [0.25, 0.3) is 0 Å². The molecule has 0 amide bonds. The number of hydrogen-bond donors (Lipinski definition) is 1. The first kappa shape index (κ1) is 23.2. The molecular formula is C30H33N3O2. The molecule has 35 heavy (non-hydrogen) atoms. The van der Waals surface area contributed by atoms with Gasteiger partial charge in [-0.1, -0.05) is 43.7 Å². The average molecular weight is 468 g/mol. The summed E-state index contributed by atoms with van der Waals surface area (Å²) in [6.07, 6.45) is 0.765. The van der Waals surface area contributed by atoms with Crippen LogP contribution in [-0.4, -0.2) is 43.0 Å². The zero-order chi connectivity index (χ0) is 24.7. The number of aliphatic imine (C=N–C) groups is 1. The fourth-order valence-electron chi connectivity index (χ4n) is 5.47. The molecule has 0 unspecified atom stereocenters. The van der Waals surface area contributed by atoms with E-state index in [0.29, 0.717) is 5.56 Å². The van der Waals surface area contributed by atoms with Crippen molar-refractivity contribution >= 4 is 28.7 Å². The monoisotopic (exact) mass is 467 g/mol. The van der Waals surface area contributed by atoms with E-state index in [1.165, 1.54) is 22.5 Å².